The van der Waals surface area contributed by atoms with Crippen LogP contribution in [0.4, 0.5) is 0 Å². The van der Waals surface area contributed by atoms with Crippen molar-refractivity contribution in [3.05, 3.63) is 45.4 Å². The van der Waals surface area contributed by atoms with Crippen LogP contribution < -0.4 is 4.74 Å². The second-order valence-electron chi connectivity index (χ2n) is 6.74. The lowest BCUT2D eigenvalue weighted by atomic mass is 10.3. The molecule has 0 bridgehead atoms. The van der Waals surface area contributed by atoms with Crippen molar-refractivity contribution >= 4 is 33.1 Å². The minimum Gasteiger partial charge on any atom is -0.486 e. The van der Waals surface area contributed by atoms with E-state index in [4.69, 9.17) is 16.3 Å². The van der Waals surface area contributed by atoms with E-state index in [1.165, 1.54) is 4.31 Å². The second-order valence-corrected chi connectivity index (χ2v) is 10.0. The number of rotatable bonds is 9. The Balaban J connectivity index is 1.48. The quantitative estimate of drug-likeness (QED) is 0.577. The molecule has 29 heavy (non-hydrogen) atoms. The van der Waals surface area contributed by atoms with Crippen LogP contribution in [0.2, 0.25) is 5.02 Å². The number of hydrogen-bond acceptors (Lipinski definition) is 6. The van der Waals surface area contributed by atoms with E-state index in [2.05, 4.69) is 9.88 Å². The average Bonchev–Trinajstić information content (AvgIpc) is 3.16. The summed E-state index contributed by atoms with van der Waals surface area (Å²) in [5.41, 5.74) is 0.991. The van der Waals surface area contributed by atoms with Gasteiger partial charge in [-0.05, 0) is 24.3 Å². The van der Waals surface area contributed by atoms with Gasteiger partial charge in [0.1, 0.15) is 17.4 Å². The van der Waals surface area contributed by atoms with Gasteiger partial charge in [0.05, 0.1) is 5.69 Å². The van der Waals surface area contributed by atoms with E-state index in [9.17, 15) is 8.42 Å². The third-order valence-electron chi connectivity index (χ3n) is 4.85. The molecule has 0 atom stereocenters. The number of hydrogen-bond donors (Lipinski definition) is 0. The smallest absolute Gasteiger partial charge is 0.282 e. The van der Waals surface area contributed by atoms with Crippen molar-refractivity contribution in [1.82, 2.24) is 18.5 Å². The summed E-state index contributed by atoms with van der Waals surface area (Å²) < 4.78 is 34.1. The minimum absolute atomic E-state index is 0.419. The first-order chi connectivity index (χ1) is 13.9. The highest BCUT2D eigenvalue weighted by atomic mass is 35.5. The van der Waals surface area contributed by atoms with Gasteiger partial charge in [-0.1, -0.05) is 25.4 Å². The van der Waals surface area contributed by atoms with Crippen LogP contribution >= 0.6 is 22.9 Å². The Kier molecular flexibility index (Phi) is 7.89. The van der Waals surface area contributed by atoms with Crippen LogP contribution in [-0.4, -0.2) is 66.2 Å². The van der Waals surface area contributed by atoms with E-state index < -0.39 is 10.2 Å². The van der Waals surface area contributed by atoms with E-state index in [1.54, 1.807) is 27.8 Å². The molecule has 1 fully saturated rings. The normalized spacial score (nSPS) is 16.4. The summed E-state index contributed by atoms with van der Waals surface area (Å²) in [6.45, 7) is 8.30. The standard InChI is InChI=1S/C19H27ClN4O3S2/c1-3-23(4-2)29(25,26)24-11-9-22(10-12-24)13-17-15-28-19(21-17)14-27-18-7-5-16(20)6-8-18/h5-8,15H,3-4,9-14H2,1-2H3. The number of halogens is 1. The largest absolute Gasteiger partial charge is 0.486 e. The van der Waals surface area contributed by atoms with Gasteiger partial charge in [-0.25, -0.2) is 4.98 Å². The fraction of sp³-hybridized carbons (Fsp3) is 0.526. The first kappa shape index (κ1) is 22.5. The van der Waals surface area contributed by atoms with E-state index in [0.29, 0.717) is 50.9 Å². The number of benzene rings is 1. The van der Waals surface area contributed by atoms with Gasteiger partial charge in [0.25, 0.3) is 10.2 Å². The molecule has 0 unspecified atom stereocenters. The number of piperazine rings is 1. The fourth-order valence-corrected chi connectivity index (χ4v) is 5.65. The number of nitrogens with zero attached hydrogens (tertiary/aromatic N) is 4. The first-order valence-corrected chi connectivity index (χ1v) is 12.4. The minimum atomic E-state index is -3.35. The Morgan fingerprint density at radius 3 is 2.41 bits per heavy atom. The Labute approximate surface area is 182 Å². The maximum Gasteiger partial charge on any atom is 0.282 e. The molecule has 1 saturated heterocycles. The molecule has 160 valence electrons. The van der Waals surface area contributed by atoms with E-state index in [-0.39, 0.29) is 0 Å². The third-order valence-corrected chi connectivity index (χ3v) is 8.16. The highest BCUT2D eigenvalue weighted by Crippen LogP contribution is 2.19. The predicted octanol–water partition coefficient (Wildman–Crippen LogP) is 3.08. The van der Waals surface area contributed by atoms with Gasteiger partial charge in [0.2, 0.25) is 0 Å². The molecule has 10 heteroatoms. The van der Waals surface area contributed by atoms with Crippen molar-refractivity contribution in [3.63, 3.8) is 0 Å². The molecule has 0 aliphatic carbocycles. The molecule has 1 aromatic carbocycles. The second kappa shape index (κ2) is 10.2. The van der Waals surface area contributed by atoms with Crippen LogP contribution in [0, 0.1) is 0 Å². The number of ether oxygens (including phenoxy) is 1. The predicted molar refractivity (Wildman–Crippen MR) is 117 cm³/mol. The molecule has 0 radical (unpaired) electrons. The summed E-state index contributed by atoms with van der Waals surface area (Å²) in [7, 11) is -3.35. The van der Waals surface area contributed by atoms with Crippen molar-refractivity contribution in [2.45, 2.75) is 27.0 Å². The van der Waals surface area contributed by atoms with Crippen LogP contribution in [0.3, 0.4) is 0 Å². The van der Waals surface area contributed by atoms with E-state index in [0.717, 1.165) is 23.0 Å². The molecule has 0 N–H and O–H groups in total. The molecule has 7 nitrogen and oxygen atoms in total. The highest BCUT2D eigenvalue weighted by molar-refractivity contribution is 7.86. The van der Waals surface area contributed by atoms with Gasteiger partial charge in [-0.15, -0.1) is 11.3 Å². The zero-order valence-electron chi connectivity index (χ0n) is 16.8. The maximum atomic E-state index is 12.6. The molecule has 0 saturated carbocycles. The molecule has 1 aromatic heterocycles. The molecule has 1 aliphatic heterocycles. The monoisotopic (exact) mass is 458 g/mol. The highest BCUT2D eigenvalue weighted by Gasteiger charge is 2.30. The van der Waals surface area contributed by atoms with Crippen LogP contribution in [0.5, 0.6) is 5.75 Å². The van der Waals surface area contributed by atoms with E-state index >= 15 is 0 Å². The lowest BCUT2D eigenvalue weighted by Gasteiger charge is -2.36. The Hall–Kier alpha value is -1.23. The van der Waals surface area contributed by atoms with Crippen LogP contribution in [0.15, 0.2) is 29.6 Å². The average molecular weight is 459 g/mol. The Bertz CT molecular complexity index is 877. The zero-order chi connectivity index (χ0) is 20.9. The van der Waals surface area contributed by atoms with E-state index in [1.807, 2.05) is 31.4 Å². The van der Waals surface area contributed by atoms with Crippen LogP contribution in [0.1, 0.15) is 24.5 Å². The molecule has 2 aromatic rings. The SMILES string of the molecule is CCN(CC)S(=O)(=O)N1CCN(Cc2csc(COc3ccc(Cl)cc3)n2)CC1. The Morgan fingerprint density at radius 1 is 1.14 bits per heavy atom. The molecular weight excluding hydrogens is 432 g/mol. The van der Waals surface area contributed by atoms with Crippen molar-refractivity contribution in [3.8, 4) is 5.75 Å². The topological polar surface area (TPSA) is 66.0 Å². The van der Waals surface area contributed by atoms with Gasteiger partial charge in [-0.3, -0.25) is 4.90 Å². The molecule has 0 amide bonds. The van der Waals surface area contributed by atoms with Gasteiger partial charge in [0.15, 0.2) is 0 Å². The summed E-state index contributed by atoms with van der Waals surface area (Å²) in [5, 5.41) is 3.64. The van der Waals surface area contributed by atoms with Crippen molar-refractivity contribution in [2.24, 2.45) is 0 Å². The van der Waals surface area contributed by atoms with Gasteiger partial charge in [-0.2, -0.15) is 17.0 Å². The summed E-state index contributed by atoms with van der Waals surface area (Å²) in [4.78, 5) is 6.89. The van der Waals surface area contributed by atoms with Gasteiger partial charge < -0.3 is 4.74 Å². The maximum absolute atomic E-state index is 12.6. The zero-order valence-corrected chi connectivity index (χ0v) is 19.1. The molecule has 3 rings (SSSR count). The first-order valence-electron chi connectivity index (χ1n) is 9.71. The lowest BCUT2D eigenvalue weighted by molar-refractivity contribution is 0.174. The lowest BCUT2D eigenvalue weighted by Crippen LogP contribution is -2.52. The number of thiazole rings is 1. The van der Waals surface area contributed by atoms with Crippen molar-refractivity contribution in [1.29, 1.82) is 0 Å². The molecular formula is C19H27ClN4O3S2. The Morgan fingerprint density at radius 2 is 1.79 bits per heavy atom. The van der Waals surface area contributed by atoms with Crippen LogP contribution in [-0.2, 0) is 23.4 Å². The summed E-state index contributed by atoms with van der Waals surface area (Å²) in [6, 6.07) is 7.26. The van der Waals surface area contributed by atoms with Gasteiger partial charge >= 0.3 is 0 Å². The summed E-state index contributed by atoms with van der Waals surface area (Å²) in [5.74, 6) is 0.761. The summed E-state index contributed by atoms with van der Waals surface area (Å²) >= 11 is 7.45. The fourth-order valence-electron chi connectivity index (χ4n) is 3.22. The summed E-state index contributed by atoms with van der Waals surface area (Å²) in [6.07, 6.45) is 0. The van der Waals surface area contributed by atoms with Gasteiger partial charge in [0, 0.05) is 56.2 Å². The van der Waals surface area contributed by atoms with Crippen molar-refractivity contribution < 1.29 is 13.2 Å². The third kappa shape index (κ3) is 5.90. The molecule has 0 spiro atoms. The van der Waals surface area contributed by atoms with Crippen LogP contribution in [0.25, 0.3) is 0 Å². The molecule has 2 heterocycles. The molecule has 1 aliphatic rings. The van der Waals surface area contributed by atoms with Crippen molar-refractivity contribution in [2.75, 3.05) is 39.3 Å². The number of aromatic nitrogens is 1.